The van der Waals surface area contributed by atoms with E-state index in [1.54, 1.807) is 7.11 Å². The van der Waals surface area contributed by atoms with Crippen LogP contribution >= 0.6 is 0 Å². The number of nitrogens with one attached hydrogen (secondary N) is 2. The summed E-state index contributed by atoms with van der Waals surface area (Å²) in [5, 5.41) is 10.5. The minimum absolute atomic E-state index is 0.129. The molecule has 2 N–H and O–H groups in total. The Hall–Kier alpha value is -0.940. The standard InChI is InChI=1S/C11H22N4O/c1-6-10-13-11(15-14-10)8(3)12-7(2)9(4)16-5/h7-9,12H,6H2,1-5H3,(H,13,14,15). The number of ether oxygens (including phenoxy) is 1. The van der Waals surface area contributed by atoms with Crippen LogP contribution in [-0.4, -0.2) is 34.4 Å². The van der Waals surface area contributed by atoms with Gasteiger partial charge in [0.2, 0.25) is 0 Å². The Morgan fingerprint density at radius 3 is 2.56 bits per heavy atom. The lowest BCUT2D eigenvalue weighted by molar-refractivity contribution is 0.0848. The number of aromatic amines is 1. The minimum atomic E-state index is 0.129. The predicted molar refractivity (Wildman–Crippen MR) is 63.2 cm³/mol. The second-order valence-corrected chi connectivity index (χ2v) is 4.11. The summed E-state index contributed by atoms with van der Waals surface area (Å²) in [6.07, 6.45) is 1.05. The Morgan fingerprint density at radius 1 is 1.38 bits per heavy atom. The van der Waals surface area contributed by atoms with Crippen LogP contribution in [0, 0.1) is 0 Å². The highest BCUT2D eigenvalue weighted by Gasteiger charge is 2.17. The Balaban J connectivity index is 2.54. The summed E-state index contributed by atoms with van der Waals surface area (Å²) in [5.74, 6) is 1.74. The van der Waals surface area contributed by atoms with Crippen molar-refractivity contribution in [2.75, 3.05) is 7.11 Å². The first-order valence-corrected chi connectivity index (χ1v) is 5.78. The first-order valence-electron chi connectivity index (χ1n) is 5.78. The van der Waals surface area contributed by atoms with Gasteiger partial charge in [-0.25, -0.2) is 4.98 Å². The van der Waals surface area contributed by atoms with Gasteiger partial charge in [-0.2, -0.15) is 5.10 Å². The summed E-state index contributed by atoms with van der Waals surface area (Å²) >= 11 is 0. The molecule has 1 aromatic rings. The Morgan fingerprint density at radius 2 is 2.06 bits per heavy atom. The molecular formula is C11H22N4O. The monoisotopic (exact) mass is 226 g/mol. The number of aryl methyl sites for hydroxylation is 1. The van der Waals surface area contributed by atoms with Gasteiger partial charge in [-0.3, -0.25) is 5.10 Å². The quantitative estimate of drug-likeness (QED) is 0.770. The SMILES string of the molecule is CCc1nc(C(C)NC(C)C(C)OC)n[nH]1. The van der Waals surface area contributed by atoms with Crippen molar-refractivity contribution < 1.29 is 4.74 Å². The van der Waals surface area contributed by atoms with Gasteiger partial charge in [0.15, 0.2) is 5.82 Å². The van der Waals surface area contributed by atoms with E-state index in [1.807, 2.05) is 6.92 Å². The number of hydrogen-bond donors (Lipinski definition) is 2. The maximum absolute atomic E-state index is 5.26. The number of nitrogens with zero attached hydrogens (tertiary/aromatic N) is 2. The van der Waals surface area contributed by atoms with Gasteiger partial charge in [-0.1, -0.05) is 6.92 Å². The molecule has 0 spiro atoms. The fourth-order valence-electron chi connectivity index (χ4n) is 1.47. The summed E-state index contributed by atoms with van der Waals surface area (Å²) in [4.78, 5) is 4.40. The van der Waals surface area contributed by atoms with E-state index in [4.69, 9.17) is 4.74 Å². The number of aromatic nitrogens is 3. The van der Waals surface area contributed by atoms with E-state index < -0.39 is 0 Å². The molecule has 0 radical (unpaired) electrons. The van der Waals surface area contributed by atoms with Crippen molar-refractivity contribution in [2.45, 2.75) is 52.3 Å². The van der Waals surface area contributed by atoms with Gasteiger partial charge in [0.05, 0.1) is 12.1 Å². The van der Waals surface area contributed by atoms with E-state index in [1.165, 1.54) is 0 Å². The summed E-state index contributed by atoms with van der Waals surface area (Å²) in [5.41, 5.74) is 0. The highest BCUT2D eigenvalue weighted by atomic mass is 16.5. The van der Waals surface area contributed by atoms with Crippen molar-refractivity contribution in [3.63, 3.8) is 0 Å². The number of rotatable bonds is 6. The van der Waals surface area contributed by atoms with E-state index in [-0.39, 0.29) is 18.2 Å². The molecule has 0 aliphatic rings. The average Bonchev–Trinajstić information content (AvgIpc) is 2.76. The Labute approximate surface area is 97.0 Å². The smallest absolute Gasteiger partial charge is 0.167 e. The third-order valence-electron chi connectivity index (χ3n) is 2.86. The molecular weight excluding hydrogens is 204 g/mol. The molecule has 0 bridgehead atoms. The van der Waals surface area contributed by atoms with Crippen LogP contribution < -0.4 is 5.32 Å². The Bertz CT molecular complexity index is 313. The van der Waals surface area contributed by atoms with Crippen molar-refractivity contribution in [3.8, 4) is 0 Å². The molecule has 0 aromatic carbocycles. The Kier molecular flexibility index (Phi) is 4.89. The van der Waals surface area contributed by atoms with Crippen LogP contribution in [0.3, 0.4) is 0 Å². The second-order valence-electron chi connectivity index (χ2n) is 4.11. The van der Waals surface area contributed by atoms with E-state index in [9.17, 15) is 0 Å². The number of hydrogen-bond acceptors (Lipinski definition) is 4. The summed E-state index contributed by atoms with van der Waals surface area (Å²) < 4.78 is 5.26. The van der Waals surface area contributed by atoms with E-state index >= 15 is 0 Å². The normalized spacial score (nSPS) is 17.1. The lowest BCUT2D eigenvalue weighted by Crippen LogP contribution is -2.38. The van der Waals surface area contributed by atoms with E-state index in [2.05, 4.69) is 41.3 Å². The molecule has 1 aromatic heterocycles. The van der Waals surface area contributed by atoms with Gasteiger partial charge >= 0.3 is 0 Å². The zero-order chi connectivity index (χ0) is 12.1. The molecule has 92 valence electrons. The van der Waals surface area contributed by atoms with Gasteiger partial charge in [0.1, 0.15) is 5.82 Å². The maximum Gasteiger partial charge on any atom is 0.167 e. The second kappa shape index (κ2) is 5.96. The predicted octanol–water partition coefficient (Wildman–Crippen LogP) is 1.44. The van der Waals surface area contributed by atoms with Gasteiger partial charge in [0.25, 0.3) is 0 Å². The lowest BCUT2D eigenvalue weighted by Gasteiger charge is -2.22. The molecule has 3 unspecified atom stereocenters. The van der Waals surface area contributed by atoms with E-state index in [0.717, 1.165) is 18.1 Å². The van der Waals surface area contributed by atoms with Crippen LogP contribution in [0.2, 0.25) is 0 Å². The molecule has 5 heteroatoms. The minimum Gasteiger partial charge on any atom is -0.380 e. The molecule has 0 aliphatic heterocycles. The van der Waals surface area contributed by atoms with Crippen LogP contribution in [0.1, 0.15) is 45.4 Å². The molecule has 0 aliphatic carbocycles. The maximum atomic E-state index is 5.26. The summed E-state index contributed by atoms with van der Waals surface area (Å²) in [6.45, 7) is 8.25. The van der Waals surface area contributed by atoms with Crippen molar-refractivity contribution in [3.05, 3.63) is 11.6 Å². The van der Waals surface area contributed by atoms with Gasteiger partial charge in [-0.05, 0) is 20.8 Å². The van der Waals surface area contributed by atoms with Gasteiger partial charge in [-0.15, -0.1) is 0 Å². The topological polar surface area (TPSA) is 62.8 Å². The fraction of sp³-hybridized carbons (Fsp3) is 0.818. The zero-order valence-corrected chi connectivity index (χ0v) is 10.7. The number of methoxy groups -OCH3 is 1. The highest BCUT2D eigenvalue weighted by Crippen LogP contribution is 2.09. The third kappa shape index (κ3) is 3.28. The molecule has 3 atom stereocenters. The van der Waals surface area contributed by atoms with Gasteiger partial charge in [0, 0.05) is 19.6 Å². The summed E-state index contributed by atoms with van der Waals surface area (Å²) in [7, 11) is 1.72. The van der Waals surface area contributed by atoms with Crippen LogP contribution in [0.5, 0.6) is 0 Å². The van der Waals surface area contributed by atoms with Crippen molar-refractivity contribution in [1.29, 1.82) is 0 Å². The molecule has 0 saturated heterocycles. The van der Waals surface area contributed by atoms with Crippen LogP contribution in [0.4, 0.5) is 0 Å². The van der Waals surface area contributed by atoms with Crippen molar-refractivity contribution >= 4 is 0 Å². The average molecular weight is 226 g/mol. The molecule has 1 heterocycles. The van der Waals surface area contributed by atoms with E-state index in [0.29, 0.717) is 0 Å². The zero-order valence-electron chi connectivity index (χ0n) is 10.7. The van der Waals surface area contributed by atoms with Crippen LogP contribution in [0.15, 0.2) is 0 Å². The van der Waals surface area contributed by atoms with Crippen molar-refractivity contribution in [1.82, 2.24) is 20.5 Å². The molecule has 1 rings (SSSR count). The fourth-order valence-corrected chi connectivity index (χ4v) is 1.47. The summed E-state index contributed by atoms with van der Waals surface area (Å²) in [6, 6.07) is 0.396. The molecule has 0 fully saturated rings. The third-order valence-corrected chi connectivity index (χ3v) is 2.86. The molecule has 5 nitrogen and oxygen atoms in total. The lowest BCUT2D eigenvalue weighted by atomic mass is 10.2. The van der Waals surface area contributed by atoms with Crippen molar-refractivity contribution in [2.24, 2.45) is 0 Å². The van der Waals surface area contributed by atoms with Crippen LogP contribution in [0.25, 0.3) is 0 Å². The largest absolute Gasteiger partial charge is 0.380 e. The highest BCUT2D eigenvalue weighted by molar-refractivity contribution is 4.96. The molecule has 0 amide bonds. The molecule has 16 heavy (non-hydrogen) atoms. The van der Waals surface area contributed by atoms with Crippen LogP contribution in [-0.2, 0) is 11.2 Å². The first kappa shape index (κ1) is 13.1. The molecule has 0 saturated carbocycles. The number of H-pyrrole nitrogens is 1. The first-order chi connectivity index (χ1) is 7.58. The van der Waals surface area contributed by atoms with Gasteiger partial charge < -0.3 is 10.1 Å².